The Kier molecular flexibility index (Phi) is 11.7. The van der Waals surface area contributed by atoms with Gasteiger partial charge in [0.25, 0.3) is 5.78 Å². The van der Waals surface area contributed by atoms with Crippen LogP contribution in [0, 0.1) is 0 Å². The number of esters is 1. The van der Waals surface area contributed by atoms with Crippen LogP contribution in [-0.4, -0.2) is 30.0 Å². The van der Waals surface area contributed by atoms with E-state index >= 15 is 0 Å². The number of rotatable bonds is 14. The van der Waals surface area contributed by atoms with Crippen molar-refractivity contribution in [1.29, 1.82) is 0 Å². The lowest BCUT2D eigenvalue weighted by Gasteiger charge is -2.10. The van der Waals surface area contributed by atoms with E-state index in [-0.39, 0.29) is 24.4 Å². The monoisotopic (exact) mass is 377 g/mol. The number of nitrogens with one attached hydrogen (secondary N) is 1. The molecule has 0 aromatic rings. The fourth-order valence-electron chi connectivity index (χ4n) is 2.85. The van der Waals surface area contributed by atoms with Crippen LogP contribution in [0.15, 0.2) is 24.0 Å². The Labute approximate surface area is 161 Å². The molecule has 1 aliphatic heterocycles. The summed E-state index contributed by atoms with van der Waals surface area (Å²) in [4.78, 5) is 45.5. The zero-order chi connectivity index (χ0) is 19.9. The van der Waals surface area contributed by atoms with Gasteiger partial charge in [0.2, 0.25) is 5.91 Å². The van der Waals surface area contributed by atoms with Crippen molar-refractivity contribution in [2.45, 2.75) is 83.6 Å². The van der Waals surface area contributed by atoms with Gasteiger partial charge >= 0.3 is 5.97 Å². The largest absolute Gasteiger partial charge is 0.421 e. The van der Waals surface area contributed by atoms with Crippen molar-refractivity contribution < 1.29 is 23.9 Å². The normalized spacial score (nSPS) is 17.1. The highest BCUT2D eigenvalue weighted by Gasteiger charge is 2.30. The van der Waals surface area contributed by atoms with Crippen molar-refractivity contribution in [3.05, 3.63) is 24.0 Å². The van der Waals surface area contributed by atoms with E-state index in [4.69, 9.17) is 4.74 Å². The zero-order valence-electron chi connectivity index (χ0n) is 16.2. The topological polar surface area (TPSA) is 89.5 Å². The maximum atomic E-state index is 12.0. The molecule has 0 bridgehead atoms. The molecule has 0 aromatic heterocycles. The minimum atomic E-state index is -0.854. The second kappa shape index (κ2) is 13.9. The van der Waals surface area contributed by atoms with Gasteiger partial charge in [-0.1, -0.05) is 44.8 Å². The number of ether oxygens (including phenoxy) is 1. The highest BCUT2D eigenvalue weighted by molar-refractivity contribution is 6.32. The summed E-state index contributed by atoms with van der Waals surface area (Å²) in [6, 6.07) is -0.743. The minimum absolute atomic E-state index is 0.138. The summed E-state index contributed by atoms with van der Waals surface area (Å²) in [5, 5.41) is 2.48. The molecule has 6 nitrogen and oxygen atoms in total. The third-order valence-corrected chi connectivity index (χ3v) is 4.40. The number of carbonyl (C=O) groups excluding carboxylic acids is 4. The van der Waals surface area contributed by atoms with Crippen LogP contribution in [0.3, 0.4) is 0 Å². The lowest BCUT2D eigenvalue weighted by molar-refractivity contribution is -0.145. The van der Waals surface area contributed by atoms with Crippen LogP contribution < -0.4 is 5.32 Å². The van der Waals surface area contributed by atoms with Gasteiger partial charge in [0.1, 0.15) is 6.04 Å². The van der Waals surface area contributed by atoms with Gasteiger partial charge in [-0.2, -0.15) is 0 Å². The maximum absolute atomic E-state index is 12.0. The first-order valence-corrected chi connectivity index (χ1v) is 9.94. The third kappa shape index (κ3) is 9.87. The highest BCUT2D eigenvalue weighted by atomic mass is 16.5. The number of unbranched alkanes of at least 4 members (excludes halogenated alkanes) is 7. The quantitative estimate of drug-likeness (QED) is 0.0951. The average Bonchev–Trinajstić information content (AvgIpc) is 3.10. The van der Waals surface area contributed by atoms with Gasteiger partial charge in [0, 0.05) is 6.42 Å². The molecule has 0 unspecified atom stereocenters. The first kappa shape index (κ1) is 22.8. The summed E-state index contributed by atoms with van der Waals surface area (Å²) in [5.74, 6) is -2.00. The van der Waals surface area contributed by atoms with Crippen molar-refractivity contribution in [3.8, 4) is 0 Å². The van der Waals surface area contributed by atoms with Crippen LogP contribution in [-0.2, 0) is 23.9 Å². The molecule has 1 amide bonds. The first-order valence-electron chi connectivity index (χ1n) is 9.94. The molecule has 0 radical (unpaired) electrons. The number of Topliss-reactive ketones (excluding diaryl/α,β-unsaturated/α-hetero) is 1. The molecule has 0 spiro atoms. The van der Waals surface area contributed by atoms with Crippen LogP contribution in [0.1, 0.15) is 77.6 Å². The van der Waals surface area contributed by atoms with E-state index in [1.54, 1.807) is 0 Å². The Hall–Kier alpha value is -2.24. The fraction of sp³-hybridized carbons (Fsp3) is 0.619. The summed E-state index contributed by atoms with van der Waals surface area (Å²) in [5.41, 5.74) is 0. The molecule has 150 valence electrons. The van der Waals surface area contributed by atoms with E-state index in [0.29, 0.717) is 12.8 Å². The molecule has 1 aliphatic rings. The second-order valence-electron chi connectivity index (χ2n) is 6.71. The predicted octanol–water partition coefficient (Wildman–Crippen LogP) is 3.55. The van der Waals surface area contributed by atoms with Gasteiger partial charge in [-0.15, -0.1) is 0 Å². The van der Waals surface area contributed by atoms with Gasteiger partial charge in [-0.25, -0.2) is 4.79 Å². The van der Waals surface area contributed by atoms with Crippen molar-refractivity contribution in [2.75, 3.05) is 0 Å². The van der Waals surface area contributed by atoms with Crippen molar-refractivity contribution >= 4 is 23.9 Å². The molecule has 1 atom stereocenters. The lowest BCUT2D eigenvalue weighted by atomic mass is 10.1. The van der Waals surface area contributed by atoms with E-state index in [0.717, 1.165) is 32.1 Å². The number of amides is 1. The first-order chi connectivity index (χ1) is 13.1. The average molecular weight is 377 g/mol. The molecule has 1 fully saturated rings. The molecule has 6 heteroatoms. The van der Waals surface area contributed by atoms with Gasteiger partial charge < -0.3 is 10.1 Å². The van der Waals surface area contributed by atoms with Crippen LogP contribution >= 0.6 is 0 Å². The molecular weight excluding hydrogens is 346 g/mol. The van der Waals surface area contributed by atoms with Crippen LogP contribution in [0.4, 0.5) is 0 Å². The van der Waals surface area contributed by atoms with Crippen LogP contribution in [0.5, 0.6) is 0 Å². The van der Waals surface area contributed by atoms with Gasteiger partial charge in [0.15, 0.2) is 12.0 Å². The summed E-state index contributed by atoms with van der Waals surface area (Å²) >= 11 is 0. The molecule has 1 N–H and O–H groups in total. The number of aldehydes is 1. The minimum Gasteiger partial charge on any atom is -0.421 e. The maximum Gasteiger partial charge on any atom is 0.334 e. The Morgan fingerprint density at radius 1 is 1.07 bits per heavy atom. The van der Waals surface area contributed by atoms with Gasteiger partial charge in [-0.3, -0.25) is 14.4 Å². The number of hydrogen-bond donors (Lipinski definition) is 1. The Morgan fingerprint density at radius 2 is 1.74 bits per heavy atom. The van der Waals surface area contributed by atoms with Crippen molar-refractivity contribution in [2.24, 2.45) is 0 Å². The Bertz CT molecular complexity index is 565. The number of hydrogen-bond acceptors (Lipinski definition) is 5. The van der Waals surface area contributed by atoms with Crippen LogP contribution in [0.2, 0.25) is 0 Å². The molecule has 0 aliphatic carbocycles. The van der Waals surface area contributed by atoms with Crippen molar-refractivity contribution in [3.63, 3.8) is 0 Å². The second-order valence-corrected chi connectivity index (χ2v) is 6.71. The molecule has 1 heterocycles. The standard InChI is InChI=1S/C21H31NO5/c1-2-3-4-5-6-7-8-9-10-11-12-13-19(18(24)16-23)27-21(26)17-14-15-20(25)22-17/h3-4,13,16-17H,2,5-12,14-15H2,1H3,(H,22,25)/t17-/m0/s1. The molecular formula is C21H31NO5. The zero-order valence-corrected chi connectivity index (χ0v) is 16.2. The van der Waals surface area contributed by atoms with Gasteiger partial charge in [-0.05, 0) is 44.6 Å². The van der Waals surface area contributed by atoms with E-state index < -0.39 is 17.8 Å². The summed E-state index contributed by atoms with van der Waals surface area (Å²) in [7, 11) is 0. The highest BCUT2D eigenvalue weighted by Crippen LogP contribution is 2.13. The lowest BCUT2D eigenvalue weighted by Crippen LogP contribution is -2.35. The smallest absolute Gasteiger partial charge is 0.334 e. The Balaban J connectivity index is 2.26. The summed E-state index contributed by atoms with van der Waals surface area (Å²) in [6.07, 6.45) is 16.1. The predicted molar refractivity (Wildman–Crippen MR) is 103 cm³/mol. The fourth-order valence-corrected chi connectivity index (χ4v) is 2.85. The Morgan fingerprint density at radius 3 is 2.33 bits per heavy atom. The molecule has 1 saturated heterocycles. The van der Waals surface area contributed by atoms with E-state index in [9.17, 15) is 19.2 Å². The number of allylic oxidation sites excluding steroid dienone is 4. The van der Waals surface area contributed by atoms with Crippen molar-refractivity contribution in [1.82, 2.24) is 5.32 Å². The van der Waals surface area contributed by atoms with Gasteiger partial charge in [0.05, 0.1) is 0 Å². The van der Waals surface area contributed by atoms with E-state index in [1.165, 1.54) is 25.3 Å². The summed E-state index contributed by atoms with van der Waals surface area (Å²) in [6.45, 7) is 2.13. The number of ketones is 1. The molecule has 0 aromatic carbocycles. The SMILES string of the molecule is CCC=CCCCCCCCCC=C(OC(=O)[C@@H]1CCC(=O)N1)C(=O)C=O. The molecule has 27 heavy (non-hydrogen) atoms. The molecule has 0 saturated carbocycles. The van der Waals surface area contributed by atoms with Crippen LogP contribution in [0.25, 0.3) is 0 Å². The molecule has 1 rings (SSSR count). The summed E-state index contributed by atoms with van der Waals surface area (Å²) < 4.78 is 5.05. The number of carbonyl (C=O) groups is 4. The third-order valence-electron chi connectivity index (χ3n) is 4.40. The van der Waals surface area contributed by atoms with E-state index in [2.05, 4.69) is 24.4 Å². The van der Waals surface area contributed by atoms with E-state index in [1.807, 2.05) is 0 Å².